The molecule has 1 aromatic heterocycles. The van der Waals surface area contributed by atoms with Crippen molar-refractivity contribution in [2.24, 2.45) is 0 Å². The van der Waals surface area contributed by atoms with Gasteiger partial charge in [0.2, 0.25) is 5.76 Å². The van der Waals surface area contributed by atoms with Gasteiger partial charge in [0.05, 0.1) is 17.0 Å². The van der Waals surface area contributed by atoms with Crippen molar-refractivity contribution in [1.29, 1.82) is 0 Å². The SMILES string of the molecule is O=C1c2oc3ccccc3c(=O)c2[C@H](c2ccc(O)cc2)N1Cc1ccccc1. The van der Waals surface area contributed by atoms with Crippen LogP contribution in [0.2, 0.25) is 0 Å². The highest BCUT2D eigenvalue weighted by Gasteiger charge is 2.42. The summed E-state index contributed by atoms with van der Waals surface area (Å²) in [7, 11) is 0. The van der Waals surface area contributed by atoms with Crippen LogP contribution in [0.1, 0.15) is 33.3 Å². The van der Waals surface area contributed by atoms with Crippen LogP contribution in [0.15, 0.2) is 88.1 Å². The van der Waals surface area contributed by atoms with Gasteiger partial charge in [-0.3, -0.25) is 9.59 Å². The highest BCUT2D eigenvalue weighted by molar-refractivity contribution is 5.99. The zero-order valence-corrected chi connectivity index (χ0v) is 15.4. The Kier molecular flexibility index (Phi) is 3.95. The normalized spacial score (nSPS) is 15.7. The lowest BCUT2D eigenvalue weighted by atomic mass is 9.98. The molecule has 1 amide bonds. The summed E-state index contributed by atoms with van der Waals surface area (Å²) in [5, 5.41) is 10.1. The third-order valence-electron chi connectivity index (χ3n) is 5.28. The van der Waals surface area contributed by atoms with Crippen molar-refractivity contribution in [2.45, 2.75) is 12.6 Å². The van der Waals surface area contributed by atoms with E-state index in [1.54, 1.807) is 53.4 Å². The van der Waals surface area contributed by atoms with Gasteiger partial charge in [-0.15, -0.1) is 0 Å². The summed E-state index contributed by atoms with van der Waals surface area (Å²) in [4.78, 5) is 28.3. The number of benzene rings is 3. The number of hydrogen-bond donors (Lipinski definition) is 1. The molecule has 0 saturated heterocycles. The number of carbonyl (C=O) groups is 1. The minimum atomic E-state index is -0.584. The number of fused-ring (bicyclic) bond motifs is 2. The molecule has 3 aromatic carbocycles. The summed E-state index contributed by atoms with van der Waals surface area (Å²) in [6.45, 7) is 0.338. The molecular weight excluding hydrogens is 366 g/mol. The van der Waals surface area contributed by atoms with Gasteiger partial charge in [-0.05, 0) is 35.4 Å². The second-order valence-electron chi connectivity index (χ2n) is 7.08. The minimum absolute atomic E-state index is 0.0858. The van der Waals surface area contributed by atoms with Gasteiger partial charge in [0.1, 0.15) is 11.3 Å². The topological polar surface area (TPSA) is 70.8 Å². The molecule has 1 aliphatic rings. The van der Waals surface area contributed by atoms with Crippen molar-refractivity contribution in [3.05, 3.63) is 112 Å². The van der Waals surface area contributed by atoms with Crippen LogP contribution in [0.5, 0.6) is 5.75 Å². The van der Waals surface area contributed by atoms with Gasteiger partial charge in [0, 0.05) is 6.54 Å². The predicted molar refractivity (Wildman–Crippen MR) is 109 cm³/mol. The molecule has 0 aliphatic carbocycles. The fourth-order valence-corrected chi connectivity index (χ4v) is 3.91. The quantitative estimate of drug-likeness (QED) is 0.574. The third-order valence-corrected chi connectivity index (χ3v) is 5.28. The van der Waals surface area contributed by atoms with E-state index in [4.69, 9.17) is 4.42 Å². The summed E-state index contributed by atoms with van der Waals surface area (Å²) < 4.78 is 5.90. The number of nitrogens with zero attached hydrogens (tertiary/aromatic N) is 1. The van der Waals surface area contributed by atoms with Gasteiger partial charge < -0.3 is 14.4 Å². The molecule has 0 fully saturated rings. The number of amides is 1. The van der Waals surface area contributed by atoms with E-state index in [1.807, 2.05) is 30.3 Å². The van der Waals surface area contributed by atoms with E-state index in [-0.39, 0.29) is 22.8 Å². The van der Waals surface area contributed by atoms with Gasteiger partial charge in [-0.25, -0.2) is 0 Å². The molecule has 1 N–H and O–H groups in total. The first-order valence-corrected chi connectivity index (χ1v) is 9.33. The van der Waals surface area contributed by atoms with Crippen LogP contribution in [0.4, 0.5) is 0 Å². The Bertz CT molecular complexity index is 1280. The lowest BCUT2D eigenvalue weighted by Gasteiger charge is -2.25. The summed E-state index contributed by atoms with van der Waals surface area (Å²) in [5.41, 5.74) is 2.23. The first-order chi connectivity index (χ1) is 14.1. The summed E-state index contributed by atoms with van der Waals surface area (Å²) >= 11 is 0. The van der Waals surface area contributed by atoms with E-state index < -0.39 is 6.04 Å². The average molecular weight is 383 g/mol. The lowest BCUT2D eigenvalue weighted by molar-refractivity contribution is 0.0714. The van der Waals surface area contributed by atoms with E-state index in [0.717, 1.165) is 11.1 Å². The molecular formula is C24H17NO4. The van der Waals surface area contributed by atoms with E-state index >= 15 is 0 Å². The van der Waals surface area contributed by atoms with E-state index in [1.165, 1.54) is 0 Å². The Balaban J connectivity index is 1.73. The second kappa shape index (κ2) is 6.63. The van der Waals surface area contributed by atoms with Gasteiger partial charge in [0.15, 0.2) is 5.43 Å². The first-order valence-electron chi connectivity index (χ1n) is 9.33. The summed E-state index contributed by atoms with van der Waals surface area (Å²) in [6.07, 6.45) is 0. The maximum absolute atomic E-state index is 13.3. The van der Waals surface area contributed by atoms with Crippen LogP contribution in [0, 0.1) is 0 Å². The number of hydrogen-bond acceptors (Lipinski definition) is 4. The first kappa shape index (κ1) is 17.3. The molecule has 0 unspecified atom stereocenters. The number of rotatable bonds is 3. The van der Waals surface area contributed by atoms with Crippen LogP contribution in [0.25, 0.3) is 11.0 Å². The van der Waals surface area contributed by atoms with Gasteiger partial charge in [-0.2, -0.15) is 0 Å². The molecule has 0 radical (unpaired) electrons. The molecule has 5 rings (SSSR count). The fraction of sp³-hybridized carbons (Fsp3) is 0.0833. The predicted octanol–water partition coefficient (Wildman–Crippen LogP) is 4.24. The largest absolute Gasteiger partial charge is 0.508 e. The molecule has 142 valence electrons. The van der Waals surface area contributed by atoms with Crippen LogP contribution in [-0.2, 0) is 6.54 Å². The van der Waals surface area contributed by atoms with Crippen LogP contribution >= 0.6 is 0 Å². The van der Waals surface area contributed by atoms with Gasteiger partial charge in [0.25, 0.3) is 5.91 Å². The van der Waals surface area contributed by atoms with Gasteiger partial charge >= 0.3 is 0 Å². The van der Waals surface area contributed by atoms with Crippen molar-refractivity contribution >= 4 is 16.9 Å². The number of phenols is 1. The smallest absolute Gasteiger partial charge is 0.291 e. The number of para-hydroxylation sites is 1. The van der Waals surface area contributed by atoms with Crippen molar-refractivity contribution < 1.29 is 14.3 Å². The highest BCUT2D eigenvalue weighted by atomic mass is 16.3. The zero-order chi connectivity index (χ0) is 20.0. The van der Waals surface area contributed by atoms with Crippen LogP contribution in [0.3, 0.4) is 0 Å². The Hall–Kier alpha value is -3.86. The second-order valence-corrected chi connectivity index (χ2v) is 7.08. The molecule has 4 aromatic rings. The molecule has 29 heavy (non-hydrogen) atoms. The van der Waals surface area contributed by atoms with Gasteiger partial charge in [-0.1, -0.05) is 54.6 Å². The maximum atomic E-state index is 13.3. The van der Waals surface area contributed by atoms with E-state index in [9.17, 15) is 14.7 Å². The van der Waals surface area contributed by atoms with Crippen LogP contribution < -0.4 is 5.43 Å². The molecule has 0 spiro atoms. The standard InChI is InChI=1S/C24H17NO4/c26-17-12-10-16(11-13-17)21-20-22(27)18-8-4-5-9-19(18)29-23(20)24(28)25(21)14-15-6-2-1-3-7-15/h1-13,21,26H,14H2/t21-/m0/s1. The zero-order valence-electron chi connectivity index (χ0n) is 15.4. The molecule has 0 saturated carbocycles. The van der Waals surface area contributed by atoms with Crippen molar-refractivity contribution in [3.63, 3.8) is 0 Å². The monoisotopic (exact) mass is 383 g/mol. The molecule has 0 bridgehead atoms. The van der Waals surface area contributed by atoms with Crippen molar-refractivity contribution in [3.8, 4) is 5.75 Å². The Morgan fingerprint density at radius 3 is 2.31 bits per heavy atom. The molecule has 1 atom stereocenters. The van der Waals surface area contributed by atoms with E-state index in [0.29, 0.717) is 23.1 Å². The van der Waals surface area contributed by atoms with E-state index in [2.05, 4.69) is 0 Å². The Morgan fingerprint density at radius 2 is 1.55 bits per heavy atom. The number of aromatic hydroxyl groups is 1. The molecule has 5 heteroatoms. The Morgan fingerprint density at radius 1 is 0.862 bits per heavy atom. The van der Waals surface area contributed by atoms with Crippen LogP contribution in [-0.4, -0.2) is 15.9 Å². The number of phenolic OH excluding ortho intramolecular Hbond substituents is 1. The highest BCUT2D eigenvalue weighted by Crippen LogP contribution is 2.39. The van der Waals surface area contributed by atoms with Crippen molar-refractivity contribution in [1.82, 2.24) is 4.90 Å². The third kappa shape index (κ3) is 2.79. The minimum Gasteiger partial charge on any atom is -0.508 e. The maximum Gasteiger partial charge on any atom is 0.291 e. The average Bonchev–Trinajstić information content (AvgIpc) is 3.02. The summed E-state index contributed by atoms with van der Waals surface area (Å²) in [5.74, 6) is -0.106. The molecule has 5 nitrogen and oxygen atoms in total. The fourth-order valence-electron chi connectivity index (χ4n) is 3.91. The van der Waals surface area contributed by atoms with Crippen molar-refractivity contribution in [2.75, 3.05) is 0 Å². The Labute approximate surface area is 166 Å². The number of carbonyl (C=O) groups excluding carboxylic acids is 1. The lowest BCUT2D eigenvalue weighted by Crippen LogP contribution is -2.29. The summed E-state index contributed by atoms with van der Waals surface area (Å²) in [6, 6.07) is 22.6. The molecule has 1 aliphatic heterocycles. The molecule has 2 heterocycles.